The van der Waals surface area contributed by atoms with E-state index in [1.165, 1.54) is 18.4 Å². The highest BCUT2D eigenvalue weighted by atomic mass is 16.2. The van der Waals surface area contributed by atoms with E-state index in [-0.39, 0.29) is 12.1 Å². The number of rotatable bonds is 6. The van der Waals surface area contributed by atoms with Gasteiger partial charge in [-0.05, 0) is 50.4 Å². The maximum absolute atomic E-state index is 11.9. The first-order valence-corrected chi connectivity index (χ1v) is 7.48. The molecule has 1 fully saturated rings. The van der Waals surface area contributed by atoms with E-state index in [0.717, 1.165) is 12.1 Å². The van der Waals surface area contributed by atoms with Gasteiger partial charge >= 0.3 is 6.03 Å². The van der Waals surface area contributed by atoms with E-state index in [0.29, 0.717) is 12.0 Å². The van der Waals surface area contributed by atoms with Crippen molar-refractivity contribution in [3.05, 3.63) is 29.8 Å². The first kappa shape index (κ1) is 14.9. The molecule has 1 aromatic carbocycles. The van der Waals surface area contributed by atoms with Crippen LogP contribution in [0.4, 0.5) is 10.5 Å². The van der Waals surface area contributed by atoms with Crippen molar-refractivity contribution in [2.45, 2.75) is 45.2 Å². The van der Waals surface area contributed by atoms with Crippen LogP contribution in [-0.2, 0) is 0 Å². The molecule has 0 spiro atoms. The number of hydrogen-bond acceptors (Lipinski definition) is 2. The summed E-state index contributed by atoms with van der Waals surface area (Å²) in [6, 6.07) is 8.51. The van der Waals surface area contributed by atoms with E-state index in [1.807, 2.05) is 25.2 Å². The van der Waals surface area contributed by atoms with Gasteiger partial charge in [-0.1, -0.05) is 25.5 Å². The second kappa shape index (κ2) is 6.75. The third kappa shape index (κ3) is 3.97. The van der Waals surface area contributed by atoms with Crippen LogP contribution >= 0.6 is 0 Å². The molecule has 0 aliphatic heterocycles. The van der Waals surface area contributed by atoms with Crippen molar-refractivity contribution in [1.29, 1.82) is 0 Å². The first-order chi connectivity index (χ1) is 9.63. The smallest absolute Gasteiger partial charge is 0.319 e. The highest BCUT2D eigenvalue weighted by Crippen LogP contribution is 2.34. The number of amides is 2. The van der Waals surface area contributed by atoms with Gasteiger partial charge in [-0.15, -0.1) is 0 Å². The molecule has 20 heavy (non-hydrogen) atoms. The van der Waals surface area contributed by atoms with Crippen molar-refractivity contribution >= 4 is 11.7 Å². The Morgan fingerprint density at radius 2 is 2.25 bits per heavy atom. The predicted octanol–water partition coefficient (Wildman–Crippen LogP) is 3.28. The normalized spacial score (nSPS) is 22.1. The zero-order chi connectivity index (χ0) is 14.5. The van der Waals surface area contributed by atoms with Crippen molar-refractivity contribution in [2.24, 2.45) is 5.92 Å². The van der Waals surface area contributed by atoms with Crippen LogP contribution in [0.25, 0.3) is 0 Å². The summed E-state index contributed by atoms with van der Waals surface area (Å²) >= 11 is 0. The fourth-order valence-electron chi connectivity index (χ4n) is 2.50. The number of carbonyl (C=O) groups excluding carboxylic acids is 1. The Labute approximate surface area is 121 Å². The predicted molar refractivity (Wildman–Crippen MR) is 82.9 cm³/mol. The van der Waals surface area contributed by atoms with E-state index in [4.69, 9.17) is 0 Å². The number of hydrogen-bond donors (Lipinski definition) is 3. The van der Waals surface area contributed by atoms with Crippen LogP contribution in [0, 0.1) is 5.92 Å². The molecule has 3 atom stereocenters. The summed E-state index contributed by atoms with van der Waals surface area (Å²) in [5, 5.41) is 9.15. The lowest BCUT2D eigenvalue weighted by molar-refractivity contribution is 0.251. The van der Waals surface area contributed by atoms with E-state index >= 15 is 0 Å². The van der Waals surface area contributed by atoms with Gasteiger partial charge in [0, 0.05) is 17.8 Å². The Balaban J connectivity index is 1.85. The SMILES string of the molecule is CCCC1CC1NC(=O)Nc1cccc(C(C)NC)c1. The lowest BCUT2D eigenvalue weighted by Gasteiger charge is -2.13. The maximum Gasteiger partial charge on any atom is 0.319 e. The Morgan fingerprint density at radius 1 is 1.45 bits per heavy atom. The van der Waals surface area contributed by atoms with Gasteiger partial charge in [-0.3, -0.25) is 0 Å². The summed E-state index contributed by atoms with van der Waals surface area (Å²) in [5.41, 5.74) is 2.01. The van der Waals surface area contributed by atoms with Crippen molar-refractivity contribution in [2.75, 3.05) is 12.4 Å². The summed E-state index contributed by atoms with van der Waals surface area (Å²) in [7, 11) is 1.93. The summed E-state index contributed by atoms with van der Waals surface area (Å²) in [5.74, 6) is 0.682. The maximum atomic E-state index is 11.9. The molecule has 1 saturated carbocycles. The summed E-state index contributed by atoms with van der Waals surface area (Å²) in [4.78, 5) is 11.9. The van der Waals surface area contributed by atoms with E-state index in [9.17, 15) is 4.79 Å². The van der Waals surface area contributed by atoms with Crippen LogP contribution in [0.3, 0.4) is 0 Å². The summed E-state index contributed by atoms with van der Waals surface area (Å²) < 4.78 is 0. The van der Waals surface area contributed by atoms with Gasteiger partial charge in [0.15, 0.2) is 0 Å². The van der Waals surface area contributed by atoms with E-state index in [2.05, 4.69) is 35.9 Å². The van der Waals surface area contributed by atoms with Gasteiger partial charge in [0.2, 0.25) is 0 Å². The van der Waals surface area contributed by atoms with Crippen LogP contribution in [-0.4, -0.2) is 19.1 Å². The largest absolute Gasteiger partial charge is 0.335 e. The molecule has 2 amide bonds. The van der Waals surface area contributed by atoms with Crippen molar-refractivity contribution in [3.63, 3.8) is 0 Å². The molecule has 0 saturated heterocycles. The molecule has 0 radical (unpaired) electrons. The monoisotopic (exact) mass is 275 g/mol. The number of anilines is 1. The molecule has 0 aromatic heterocycles. The minimum atomic E-state index is -0.0946. The Kier molecular flexibility index (Phi) is 5.01. The van der Waals surface area contributed by atoms with Crippen LogP contribution in [0.2, 0.25) is 0 Å². The lowest BCUT2D eigenvalue weighted by Crippen LogP contribution is -2.31. The highest BCUT2D eigenvalue weighted by molar-refractivity contribution is 5.89. The van der Waals surface area contributed by atoms with Crippen molar-refractivity contribution < 1.29 is 4.79 Å². The molecule has 0 heterocycles. The van der Waals surface area contributed by atoms with Gasteiger partial charge in [-0.25, -0.2) is 4.79 Å². The molecular weight excluding hydrogens is 250 g/mol. The van der Waals surface area contributed by atoms with Gasteiger partial charge in [0.1, 0.15) is 0 Å². The summed E-state index contributed by atoms with van der Waals surface area (Å²) in [6.07, 6.45) is 3.52. The van der Waals surface area contributed by atoms with E-state index < -0.39 is 0 Å². The molecule has 4 nitrogen and oxygen atoms in total. The second-order valence-electron chi connectivity index (χ2n) is 5.63. The minimum Gasteiger partial charge on any atom is -0.335 e. The van der Waals surface area contributed by atoms with Crippen molar-refractivity contribution in [3.8, 4) is 0 Å². The van der Waals surface area contributed by atoms with E-state index in [1.54, 1.807) is 0 Å². The standard InChI is InChI=1S/C16H25N3O/c1-4-6-13-10-15(13)19-16(20)18-14-8-5-7-12(9-14)11(2)17-3/h5,7-9,11,13,15,17H,4,6,10H2,1-3H3,(H2,18,19,20). The van der Waals surface area contributed by atoms with Gasteiger partial charge in [0.05, 0.1) is 0 Å². The third-order valence-corrected chi connectivity index (χ3v) is 3.98. The van der Waals surface area contributed by atoms with Crippen LogP contribution in [0.5, 0.6) is 0 Å². The average Bonchev–Trinajstić information content (AvgIpc) is 3.16. The lowest BCUT2D eigenvalue weighted by atomic mass is 10.1. The number of carbonyl (C=O) groups is 1. The quantitative estimate of drug-likeness (QED) is 0.746. The molecule has 2 rings (SSSR count). The summed E-state index contributed by atoms with van der Waals surface area (Å²) in [6.45, 7) is 4.28. The molecule has 1 aliphatic rings. The fraction of sp³-hybridized carbons (Fsp3) is 0.562. The van der Waals surface area contributed by atoms with Crippen LogP contribution in [0.1, 0.15) is 44.7 Å². The topological polar surface area (TPSA) is 53.2 Å². The third-order valence-electron chi connectivity index (χ3n) is 3.98. The molecular formula is C16H25N3O. The molecule has 0 bridgehead atoms. The molecule has 110 valence electrons. The van der Waals surface area contributed by atoms with Crippen molar-refractivity contribution in [1.82, 2.24) is 10.6 Å². The molecule has 3 unspecified atom stereocenters. The molecule has 1 aliphatic carbocycles. The highest BCUT2D eigenvalue weighted by Gasteiger charge is 2.37. The number of urea groups is 1. The second-order valence-corrected chi connectivity index (χ2v) is 5.63. The average molecular weight is 275 g/mol. The molecule has 1 aromatic rings. The first-order valence-electron chi connectivity index (χ1n) is 7.48. The fourth-order valence-corrected chi connectivity index (χ4v) is 2.50. The number of nitrogens with one attached hydrogen (secondary N) is 3. The molecule has 4 heteroatoms. The van der Waals surface area contributed by atoms with Gasteiger partial charge < -0.3 is 16.0 Å². The Morgan fingerprint density at radius 3 is 2.95 bits per heavy atom. The van der Waals surface area contributed by atoms with Gasteiger partial charge in [-0.2, -0.15) is 0 Å². The van der Waals surface area contributed by atoms with Crippen LogP contribution in [0.15, 0.2) is 24.3 Å². The molecule has 3 N–H and O–H groups in total. The Hall–Kier alpha value is -1.55. The van der Waals surface area contributed by atoms with Crippen LogP contribution < -0.4 is 16.0 Å². The zero-order valence-electron chi connectivity index (χ0n) is 12.6. The Bertz CT molecular complexity index is 461. The van der Waals surface area contributed by atoms with Gasteiger partial charge in [0.25, 0.3) is 0 Å². The minimum absolute atomic E-state index is 0.0946. The zero-order valence-corrected chi connectivity index (χ0v) is 12.6. The number of benzene rings is 1.